The van der Waals surface area contributed by atoms with E-state index in [2.05, 4.69) is 0 Å². The first-order chi connectivity index (χ1) is 14.7. The molecule has 1 heterocycles. The Balaban J connectivity index is 1.77. The van der Waals surface area contributed by atoms with Crippen molar-refractivity contribution in [1.82, 2.24) is 4.90 Å². The summed E-state index contributed by atoms with van der Waals surface area (Å²) in [6.45, 7) is 0.119. The van der Waals surface area contributed by atoms with E-state index < -0.39 is 5.97 Å². The predicted molar refractivity (Wildman–Crippen MR) is 118 cm³/mol. The summed E-state index contributed by atoms with van der Waals surface area (Å²) in [5.41, 5.74) is 4.51. The number of hydrogen-bond donors (Lipinski definition) is 0. The zero-order valence-electron chi connectivity index (χ0n) is 16.6. The van der Waals surface area contributed by atoms with Crippen LogP contribution in [-0.2, 0) is 9.53 Å². The number of amides is 1. The van der Waals surface area contributed by atoms with Crippen molar-refractivity contribution in [1.29, 1.82) is 0 Å². The number of ether oxygens (including phenoxy) is 1. The summed E-state index contributed by atoms with van der Waals surface area (Å²) in [5.74, 6) is -0.586. The van der Waals surface area contributed by atoms with Gasteiger partial charge in [0.2, 0.25) is 0 Å². The van der Waals surface area contributed by atoms with Crippen LogP contribution < -0.4 is 0 Å². The third kappa shape index (κ3) is 3.94. The summed E-state index contributed by atoms with van der Waals surface area (Å²) in [7, 11) is 1.35. The Morgan fingerprint density at radius 3 is 2.03 bits per heavy atom. The highest BCUT2D eigenvalue weighted by molar-refractivity contribution is 6.12. The van der Waals surface area contributed by atoms with Crippen LogP contribution in [-0.4, -0.2) is 30.4 Å². The molecule has 0 aromatic heterocycles. The predicted octanol–water partition coefficient (Wildman–Crippen LogP) is 4.90. The smallest absolute Gasteiger partial charge is 0.335 e. The maximum atomic E-state index is 13.2. The van der Waals surface area contributed by atoms with Crippen molar-refractivity contribution in [2.24, 2.45) is 0 Å². The number of methoxy groups -OCH3 is 1. The van der Waals surface area contributed by atoms with E-state index in [9.17, 15) is 9.59 Å². The lowest BCUT2D eigenvalue weighted by Gasteiger charge is -2.20. The monoisotopic (exact) mass is 395 g/mol. The van der Waals surface area contributed by atoms with Crippen LogP contribution in [0.5, 0.6) is 0 Å². The van der Waals surface area contributed by atoms with Gasteiger partial charge in [0, 0.05) is 11.1 Å². The zero-order valence-corrected chi connectivity index (χ0v) is 16.6. The lowest BCUT2D eigenvalue weighted by Crippen LogP contribution is -2.28. The van der Waals surface area contributed by atoms with E-state index in [-0.39, 0.29) is 12.5 Å². The van der Waals surface area contributed by atoms with E-state index in [0.717, 1.165) is 22.4 Å². The van der Waals surface area contributed by atoms with Crippen LogP contribution in [0.4, 0.5) is 0 Å². The summed E-state index contributed by atoms with van der Waals surface area (Å²) in [6, 6.07) is 26.9. The molecule has 0 unspecified atom stereocenters. The molecule has 0 fully saturated rings. The van der Waals surface area contributed by atoms with Gasteiger partial charge in [-0.3, -0.25) is 4.79 Å². The van der Waals surface area contributed by atoms with E-state index in [1.807, 2.05) is 91.0 Å². The Labute approximate surface area is 175 Å². The van der Waals surface area contributed by atoms with E-state index in [4.69, 9.17) is 4.74 Å². The minimum Gasteiger partial charge on any atom is -0.466 e. The van der Waals surface area contributed by atoms with Gasteiger partial charge in [-0.25, -0.2) is 4.79 Å². The first-order valence-electron chi connectivity index (χ1n) is 9.69. The van der Waals surface area contributed by atoms with Gasteiger partial charge in [0.25, 0.3) is 5.91 Å². The van der Waals surface area contributed by atoms with Crippen molar-refractivity contribution >= 4 is 29.7 Å². The molecule has 0 spiro atoms. The summed E-state index contributed by atoms with van der Waals surface area (Å²) in [6.07, 6.45) is 3.74. The molecule has 1 aliphatic heterocycles. The van der Waals surface area contributed by atoms with Crippen LogP contribution in [0.3, 0.4) is 0 Å². The fraction of sp³-hybridized carbons (Fsp3) is 0.0769. The molecular formula is C26H21NO3. The molecule has 1 aliphatic rings. The van der Waals surface area contributed by atoms with Crippen LogP contribution in [0, 0.1) is 0 Å². The fourth-order valence-electron chi connectivity index (χ4n) is 3.53. The van der Waals surface area contributed by atoms with Crippen molar-refractivity contribution in [2.45, 2.75) is 0 Å². The highest BCUT2D eigenvalue weighted by atomic mass is 16.5. The van der Waals surface area contributed by atoms with E-state index in [0.29, 0.717) is 11.1 Å². The largest absolute Gasteiger partial charge is 0.466 e. The van der Waals surface area contributed by atoms with Crippen LogP contribution in [0.2, 0.25) is 0 Å². The van der Waals surface area contributed by atoms with Crippen LogP contribution in [0.1, 0.15) is 27.0 Å². The van der Waals surface area contributed by atoms with Crippen LogP contribution >= 0.6 is 0 Å². The molecule has 0 radical (unpaired) electrons. The first kappa shape index (κ1) is 19.4. The number of carbonyl (C=O) groups excluding carboxylic acids is 2. The average molecular weight is 395 g/mol. The van der Waals surface area contributed by atoms with Gasteiger partial charge in [-0.15, -0.1) is 0 Å². The molecule has 4 nitrogen and oxygen atoms in total. The third-order valence-corrected chi connectivity index (χ3v) is 4.99. The lowest BCUT2D eigenvalue weighted by atomic mass is 10.1. The van der Waals surface area contributed by atoms with Gasteiger partial charge >= 0.3 is 5.97 Å². The Morgan fingerprint density at radius 2 is 1.40 bits per heavy atom. The maximum Gasteiger partial charge on any atom is 0.335 e. The summed E-state index contributed by atoms with van der Waals surface area (Å²) in [5, 5.41) is 0. The molecule has 4 heteroatoms. The van der Waals surface area contributed by atoms with Crippen molar-refractivity contribution in [2.75, 3.05) is 13.7 Å². The molecule has 0 N–H and O–H groups in total. The van der Waals surface area contributed by atoms with E-state index in [1.165, 1.54) is 7.11 Å². The lowest BCUT2D eigenvalue weighted by molar-refractivity contribution is -0.136. The van der Waals surface area contributed by atoms with E-state index in [1.54, 1.807) is 11.0 Å². The van der Waals surface area contributed by atoms with Gasteiger partial charge in [-0.2, -0.15) is 0 Å². The fourth-order valence-corrected chi connectivity index (χ4v) is 3.53. The molecule has 1 amide bonds. The Morgan fingerprint density at radius 1 is 0.833 bits per heavy atom. The number of rotatable bonds is 5. The highest BCUT2D eigenvalue weighted by Gasteiger charge is 2.33. The van der Waals surface area contributed by atoms with E-state index >= 15 is 0 Å². The topological polar surface area (TPSA) is 46.6 Å². The van der Waals surface area contributed by atoms with Crippen molar-refractivity contribution in [3.63, 3.8) is 0 Å². The van der Waals surface area contributed by atoms with Gasteiger partial charge in [0.1, 0.15) is 0 Å². The number of nitrogens with zero attached hydrogens (tertiary/aromatic N) is 1. The van der Waals surface area contributed by atoms with Gasteiger partial charge in [0.15, 0.2) is 0 Å². The highest BCUT2D eigenvalue weighted by Crippen LogP contribution is 2.35. The normalized spacial score (nSPS) is 14.7. The molecule has 3 aromatic rings. The van der Waals surface area contributed by atoms with Gasteiger partial charge in [0.05, 0.1) is 24.9 Å². The van der Waals surface area contributed by atoms with Gasteiger partial charge in [-0.1, -0.05) is 78.9 Å². The molecule has 4 rings (SSSR count). The second-order valence-electron chi connectivity index (χ2n) is 6.95. The van der Waals surface area contributed by atoms with Crippen LogP contribution in [0.25, 0.3) is 17.8 Å². The quantitative estimate of drug-likeness (QED) is 0.456. The minimum absolute atomic E-state index is 0.119. The number of carbonyl (C=O) groups is 2. The molecule has 0 aliphatic carbocycles. The molecule has 148 valence electrons. The molecule has 0 bridgehead atoms. The summed E-state index contributed by atoms with van der Waals surface area (Å²) in [4.78, 5) is 27.3. The van der Waals surface area contributed by atoms with Crippen molar-refractivity contribution < 1.29 is 14.3 Å². The van der Waals surface area contributed by atoms with Gasteiger partial charge < -0.3 is 9.64 Å². The molecule has 0 saturated carbocycles. The van der Waals surface area contributed by atoms with Crippen LogP contribution in [0.15, 0.2) is 90.5 Å². The van der Waals surface area contributed by atoms with Crippen molar-refractivity contribution in [3.8, 4) is 0 Å². The number of fused-ring (bicyclic) bond motifs is 1. The van der Waals surface area contributed by atoms with Gasteiger partial charge in [-0.05, 0) is 29.3 Å². The summed E-state index contributed by atoms with van der Waals surface area (Å²) < 4.78 is 5.00. The molecule has 0 atom stereocenters. The maximum absolute atomic E-state index is 13.2. The molecule has 30 heavy (non-hydrogen) atoms. The Bertz CT molecular complexity index is 1130. The first-order valence-corrected chi connectivity index (χ1v) is 9.69. The van der Waals surface area contributed by atoms with Crippen molar-refractivity contribution in [3.05, 3.63) is 113 Å². The Kier molecular flexibility index (Phi) is 5.57. The SMILES string of the molecule is COC(=O)/C(=C\c1ccccc1)CN1C(=O)c2ccccc2/C1=C/c1ccccc1. The zero-order chi connectivity index (χ0) is 20.9. The molecule has 3 aromatic carbocycles. The molecule has 0 saturated heterocycles. The number of benzene rings is 3. The standard InChI is InChI=1S/C26H21NO3/c1-30-26(29)21(16-19-10-4-2-5-11-19)18-27-24(17-20-12-6-3-7-13-20)22-14-8-9-15-23(22)25(27)28/h2-17H,18H2,1H3/b21-16-,24-17-. The minimum atomic E-state index is -0.457. The number of hydrogen-bond acceptors (Lipinski definition) is 3. The average Bonchev–Trinajstić information content (AvgIpc) is 3.05. The summed E-state index contributed by atoms with van der Waals surface area (Å²) >= 11 is 0. The second kappa shape index (κ2) is 8.62. The molecular weight excluding hydrogens is 374 g/mol. The second-order valence-corrected chi connectivity index (χ2v) is 6.95. The Hall–Kier alpha value is -3.92. The number of esters is 1. The third-order valence-electron chi connectivity index (χ3n) is 4.99.